The van der Waals surface area contributed by atoms with Crippen molar-refractivity contribution in [2.75, 3.05) is 12.4 Å². The zero-order valence-corrected chi connectivity index (χ0v) is 19.8. The second-order valence-electron chi connectivity index (χ2n) is 7.94. The third-order valence-corrected chi connectivity index (χ3v) is 5.37. The van der Waals surface area contributed by atoms with Crippen molar-refractivity contribution in [3.63, 3.8) is 0 Å². The van der Waals surface area contributed by atoms with Gasteiger partial charge in [0, 0.05) is 6.20 Å². The number of alkyl halides is 3. The van der Waals surface area contributed by atoms with Crippen LogP contribution < -0.4 is 21.1 Å². The molecular weight excluding hydrogens is 491 g/mol. The molecule has 1 aliphatic rings. The lowest BCUT2D eigenvalue weighted by molar-refractivity contribution is -0.137. The average molecular weight is 515 g/mol. The number of carbonyl (C=O) groups excluding carboxylic acids is 3. The fourth-order valence-corrected chi connectivity index (χ4v) is 3.51. The minimum Gasteiger partial charge on any atom is -0.480 e. The highest BCUT2D eigenvalue weighted by Gasteiger charge is 2.30. The molecule has 12 heteroatoms. The van der Waals surface area contributed by atoms with E-state index in [1.165, 1.54) is 32.4 Å². The number of aryl methyl sites for hydroxylation is 2. The standard InChI is InChI=1S/C16H14F3N5O4.C9H10/c1-28-15-11(12(20)25)4-10(7-23-15)24-14(27)13(26)22-6-9-3-2-8(5-21-9)16(17,18)19;1-2-5-9-7-3-6-8(9)4-1/h2-5,7H,6H2,1H3,(H2,20,25)(H,22,26)(H,24,27);1-2,4-5H,3,6-7H2. The van der Waals surface area contributed by atoms with Crippen LogP contribution in [0.4, 0.5) is 18.9 Å². The highest BCUT2D eigenvalue weighted by atomic mass is 19.4. The first-order valence-corrected chi connectivity index (χ1v) is 11.1. The number of aromatic nitrogens is 2. The van der Waals surface area contributed by atoms with Gasteiger partial charge in [0.1, 0.15) is 5.56 Å². The second-order valence-corrected chi connectivity index (χ2v) is 7.94. The number of halogens is 3. The van der Waals surface area contributed by atoms with Crippen molar-refractivity contribution >= 4 is 23.4 Å². The van der Waals surface area contributed by atoms with Gasteiger partial charge in [-0.25, -0.2) is 4.98 Å². The topological polar surface area (TPSA) is 136 Å². The van der Waals surface area contributed by atoms with Crippen LogP contribution in [-0.4, -0.2) is 34.8 Å². The third-order valence-electron chi connectivity index (χ3n) is 5.37. The van der Waals surface area contributed by atoms with Gasteiger partial charge in [-0.3, -0.25) is 19.4 Å². The molecule has 37 heavy (non-hydrogen) atoms. The van der Waals surface area contributed by atoms with Crippen LogP contribution >= 0.6 is 0 Å². The number of primary amides is 1. The quantitative estimate of drug-likeness (QED) is 0.447. The summed E-state index contributed by atoms with van der Waals surface area (Å²) in [5, 5.41) is 4.41. The van der Waals surface area contributed by atoms with Crippen LogP contribution in [0, 0.1) is 0 Å². The van der Waals surface area contributed by atoms with Crippen molar-refractivity contribution in [3.05, 3.63) is 82.8 Å². The molecule has 3 amide bonds. The van der Waals surface area contributed by atoms with Crippen molar-refractivity contribution in [1.29, 1.82) is 0 Å². The van der Waals surface area contributed by atoms with Gasteiger partial charge < -0.3 is 21.1 Å². The SMILES string of the molecule is COc1ncc(NC(=O)C(=O)NCc2ccc(C(F)(F)F)cn2)cc1C(N)=O.c1ccc2c(c1)CCC2. The molecule has 4 rings (SSSR count). The van der Waals surface area contributed by atoms with E-state index < -0.39 is 29.5 Å². The zero-order valence-electron chi connectivity index (χ0n) is 19.8. The molecule has 0 fully saturated rings. The van der Waals surface area contributed by atoms with Gasteiger partial charge in [0.05, 0.1) is 36.8 Å². The molecule has 0 saturated heterocycles. The molecular formula is C25H24F3N5O4. The number of benzene rings is 1. The summed E-state index contributed by atoms with van der Waals surface area (Å²) in [4.78, 5) is 42.4. The first-order valence-electron chi connectivity index (χ1n) is 11.1. The van der Waals surface area contributed by atoms with Crippen LogP contribution in [0.2, 0.25) is 0 Å². The van der Waals surface area contributed by atoms with Crippen molar-refractivity contribution in [2.24, 2.45) is 5.73 Å². The largest absolute Gasteiger partial charge is 0.480 e. The molecule has 1 aromatic carbocycles. The smallest absolute Gasteiger partial charge is 0.417 e. The summed E-state index contributed by atoms with van der Waals surface area (Å²) < 4.78 is 42.3. The van der Waals surface area contributed by atoms with Crippen molar-refractivity contribution in [1.82, 2.24) is 15.3 Å². The Balaban J connectivity index is 0.000000349. The lowest BCUT2D eigenvalue weighted by atomic mass is 10.1. The van der Waals surface area contributed by atoms with E-state index in [1.54, 1.807) is 11.1 Å². The number of carbonyl (C=O) groups is 3. The number of fused-ring (bicyclic) bond motifs is 1. The summed E-state index contributed by atoms with van der Waals surface area (Å²) in [6.07, 6.45) is 1.21. The predicted octanol–water partition coefficient (Wildman–Crippen LogP) is 3.03. The molecule has 2 aromatic heterocycles. The number of pyridine rings is 2. The van der Waals surface area contributed by atoms with Crippen molar-refractivity contribution < 1.29 is 32.3 Å². The van der Waals surface area contributed by atoms with Crippen LogP contribution in [0.5, 0.6) is 5.88 Å². The predicted molar refractivity (Wildman–Crippen MR) is 127 cm³/mol. The summed E-state index contributed by atoms with van der Waals surface area (Å²) in [5.41, 5.74) is 7.41. The van der Waals surface area contributed by atoms with E-state index in [1.807, 2.05) is 0 Å². The number of anilines is 1. The van der Waals surface area contributed by atoms with E-state index in [4.69, 9.17) is 10.5 Å². The second kappa shape index (κ2) is 12.0. The van der Waals surface area contributed by atoms with Gasteiger partial charge in [-0.05, 0) is 48.6 Å². The van der Waals surface area contributed by atoms with Crippen LogP contribution in [0.3, 0.4) is 0 Å². The van der Waals surface area contributed by atoms with E-state index >= 15 is 0 Å². The number of amides is 3. The Bertz CT molecular complexity index is 1260. The van der Waals surface area contributed by atoms with Gasteiger partial charge in [0.2, 0.25) is 5.88 Å². The molecule has 9 nitrogen and oxygen atoms in total. The van der Waals surface area contributed by atoms with E-state index in [0.29, 0.717) is 6.20 Å². The number of hydrogen-bond donors (Lipinski definition) is 3. The summed E-state index contributed by atoms with van der Waals surface area (Å²) in [6.45, 7) is -0.266. The maximum absolute atomic E-state index is 12.5. The van der Waals surface area contributed by atoms with E-state index in [2.05, 4.69) is 44.9 Å². The zero-order chi connectivity index (χ0) is 27.0. The maximum atomic E-state index is 12.5. The minimum absolute atomic E-state index is 0.0161. The molecule has 1 aliphatic carbocycles. The number of nitrogens with two attached hydrogens (primary N) is 1. The molecule has 0 aliphatic heterocycles. The molecule has 2 heterocycles. The van der Waals surface area contributed by atoms with Gasteiger partial charge in [-0.1, -0.05) is 24.3 Å². The Morgan fingerprint density at radius 1 is 1.00 bits per heavy atom. The molecule has 3 aromatic rings. The molecule has 4 N–H and O–H groups in total. The van der Waals surface area contributed by atoms with Crippen LogP contribution in [-0.2, 0) is 35.2 Å². The van der Waals surface area contributed by atoms with Gasteiger partial charge in [0.15, 0.2) is 0 Å². The molecule has 0 saturated carbocycles. The highest BCUT2D eigenvalue weighted by molar-refractivity contribution is 6.39. The molecule has 0 radical (unpaired) electrons. The monoisotopic (exact) mass is 515 g/mol. The first kappa shape index (κ1) is 27.1. The number of ether oxygens (including phenoxy) is 1. The Hall–Kier alpha value is -4.48. The van der Waals surface area contributed by atoms with E-state index in [9.17, 15) is 27.6 Å². The lowest BCUT2D eigenvalue weighted by Gasteiger charge is -2.09. The first-order chi connectivity index (χ1) is 17.6. The van der Waals surface area contributed by atoms with Crippen molar-refractivity contribution in [2.45, 2.75) is 32.0 Å². The van der Waals surface area contributed by atoms with Crippen LogP contribution in [0.25, 0.3) is 0 Å². The minimum atomic E-state index is -4.52. The fraction of sp³-hybridized carbons (Fsp3) is 0.240. The normalized spacial score (nSPS) is 12.0. The van der Waals surface area contributed by atoms with Gasteiger partial charge in [-0.2, -0.15) is 13.2 Å². The van der Waals surface area contributed by atoms with Crippen LogP contribution in [0.1, 0.15) is 39.2 Å². The Morgan fingerprint density at radius 3 is 2.22 bits per heavy atom. The number of nitrogens with zero attached hydrogens (tertiary/aromatic N) is 2. The molecule has 0 atom stereocenters. The summed E-state index contributed by atoms with van der Waals surface area (Å²) in [7, 11) is 1.27. The summed E-state index contributed by atoms with van der Waals surface area (Å²) >= 11 is 0. The highest BCUT2D eigenvalue weighted by Crippen LogP contribution is 2.28. The number of hydrogen-bond acceptors (Lipinski definition) is 6. The summed E-state index contributed by atoms with van der Waals surface area (Å²) in [5.74, 6) is -3.06. The van der Waals surface area contributed by atoms with Gasteiger partial charge in [0.25, 0.3) is 5.91 Å². The van der Waals surface area contributed by atoms with Gasteiger partial charge in [-0.15, -0.1) is 0 Å². The maximum Gasteiger partial charge on any atom is 0.417 e. The number of rotatable bonds is 5. The molecule has 0 spiro atoms. The summed E-state index contributed by atoms with van der Waals surface area (Å²) in [6, 6.07) is 11.8. The Morgan fingerprint density at radius 2 is 1.68 bits per heavy atom. The number of methoxy groups -OCH3 is 1. The molecule has 0 unspecified atom stereocenters. The van der Waals surface area contributed by atoms with E-state index in [-0.39, 0.29) is 29.4 Å². The molecule has 0 bridgehead atoms. The Labute approximate surface area is 210 Å². The average Bonchev–Trinajstić information content (AvgIpc) is 3.36. The van der Waals surface area contributed by atoms with Crippen LogP contribution in [0.15, 0.2) is 54.9 Å². The lowest BCUT2D eigenvalue weighted by Crippen LogP contribution is -2.35. The van der Waals surface area contributed by atoms with E-state index in [0.717, 1.165) is 18.3 Å². The third kappa shape index (κ3) is 7.50. The van der Waals surface area contributed by atoms with Gasteiger partial charge >= 0.3 is 18.0 Å². The fourth-order valence-electron chi connectivity index (χ4n) is 3.51. The Kier molecular flexibility index (Phi) is 8.77. The number of nitrogens with one attached hydrogen (secondary N) is 2. The molecule has 194 valence electrons. The van der Waals surface area contributed by atoms with Crippen molar-refractivity contribution in [3.8, 4) is 5.88 Å².